The fourth-order valence-electron chi connectivity index (χ4n) is 3.70. The average molecular weight is 482 g/mol. The predicted octanol–water partition coefficient (Wildman–Crippen LogP) is 2.21. The Bertz CT molecular complexity index is 1410. The highest BCUT2D eigenvalue weighted by Gasteiger charge is 2.19. The van der Waals surface area contributed by atoms with Gasteiger partial charge in [-0.05, 0) is 42.8 Å². The highest BCUT2D eigenvalue weighted by Crippen LogP contribution is 2.22. The normalized spacial score (nSPS) is 12.9. The van der Waals surface area contributed by atoms with Crippen LogP contribution in [0.1, 0.15) is 30.8 Å². The maximum Gasteiger partial charge on any atom is 0.242 e. The Morgan fingerprint density at radius 2 is 1.88 bits per heavy atom. The minimum absolute atomic E-state index is 0.0872. The molecular weight excluding hydrogens is 454 g/mol. The van der Waals surface area contributed by atoms with Crippen molar-refractivity contribution >= 4 is 27.0 Å². The van der Waals surface area contributed by atoms with Crippen molar-refractivity contribution < 1.29 is 13.2 Å². The number of benzene rings is 2. The second-order valence-corrected chi connectivity index (χ2v) is 10.4. The number of hydrogen-bond acceptors (Lipinski definition) is 6. The molecule has 1 atom stereocenters. The quantitative estimate of drug-likeness (QED) is 0.413. The standard InChI is InChI=1S/C23H27N7O3S/c1-16(17-5-7-18(8-6-17)30-15-24-14-25-30)26-23(31)12-11-22-27-20-13-19(34(32,33)28(2)3)9-10-21(20)29(22)4/h5-10,13-16H,11-12H2,1-4H3,(H,26,31)/t16-/m0/s1. The Morgan fingerprint density at radius 3 is 2.53 bits per heavy atom. The summed E-state index contributed by atoms with van der Waals surface area (Å²) in [7, 11) is 1.31. The van der Waals surface area contributed by atoms with E-state index in [4.69, 9.17) is 0 Å². The number of rotatable bonds is 8. The molecule has 0 spiro atoms. The second-order valence-electron chi connectivity index (χ2n) is 8.25. The van der Waals surface area contributed by atoms with Crippen LogP contribution in [0.2, 0.25) is 0 Å². The van der Waals surface area contributed by atoms with E-state index in [0.29, 0.717) is 11.9 Å². The average Bonchev–Trinajstić information content (AvgIpc) is 3.46. The van der Waals surface area contributed by atoms with Gasteiger partial charge in [0, 0.05) is 34.0 Å². The lowest BCUT2D eigenvalue weighted by Gasteiger charge is -2.15. The molecule has 0 aliphatic carbocycles. The number of hydrogen-bond donors (Lipinski definition) is 1. The third-order valence-electron chi connectivity index (χ3n) is 5.75. The van der Waals surface area contributed by atoms with Gasteiger partial charge in [-0.3, -0.25) is 4.79 Å². The van der Waals surface area contributed by atoms with Gasteiger partial charge in [-0.25, -0.2) is 27.4 Å². The van der Waals surface area contributed by atoms with Crippen LogP contribution in [-0.2, 0) is 28.3 Å². The van der Waals surface area contributed by atoms with E-state index >= 15 is 0 Å². The molecule has 0 saturated carbocycles. The van der Waals surface area contributed by atoms with Crippen molar-refractivity contribution in [2.45, 2.75) is 30.7 Å². The third kappa shape index (κ3) is 4.70. The van der Waals surface area contributed by atoms with Crippen molar-refractivity contribution in [3.8, 4) is 5.69 Å². The van der Waals surface area contributed by atoms with Crippen LogP contribution in [0.4, 0.5) is 0 Å². The molecule has 4 aromatic rings. The number of carbonyl (C=O) groups excluding carboxylic acids is 1. The van der Waals surface area contributed by atoms with Gasteiger partial charge in [0.15, 0.2) is 0 Å². The topological polar surface area (TPSA) is 115 Å². The Morgan fingerprint density at radius 1 is 1.15 bits per heavy atom. The minimum atomic E-state index is -3.54. The lowest BCUT2D eigenvalue weighted by Crippen LogP contribution is -2.27. The summed E-state index contributed by atoms with van der Waals surface area (Å²) in [5.41, 5.74) is 3.27. The third-order valence-corrected chi connectivity index (χ3v) is 7.56. The van der Waals surface area contributed by atoms with Crippen LogP contribution < -0.4 is 5.32 Å². The summed E-state index contributed by atoms with van der Waals surface area (Å²) >= 11 is 0. The molecule has 0 fully saturated rings. The predicted molar refractivity (Wildman–Crippen MR) is 128 cm³/mol. The monoisotopic (exact) mass is 481 g/mol. The van der Waals surface area contributed by atoms with Crippen molar-refractivity contribution in [1.29, 1.82) is 0 Å². The van der Waals surface area contributed by atoms with Crippen LogP contribution in [0.15, 0.2) is 60.0 Å². The summed E-state index contributed by atoms with van der Waals surface area (Å²) in [6, 6.07) is 12.5. The van der Waals surface area contributed by atoms with Gasteiger partial charge in [0.05, 0.1) is 27.7 Å². The molecule has 2 aromatic heterocycles. The molecule has 11 heteroatoms. The van der Waals surface area contributed by atoms with Crippen LogP contribution in [0.3, 0.4) is 0 Å². The summed E-state index contributed by atoms with van der Waals surface area (Å²) in [5.74, 6) is 0.630. The number of aromatic nitrogens is 5. The Hall–Kier alpha value is -3.57. The van der Waals surface area contributed by atoms with Crippen molar-refractivity contribution in [2.75, 3.05) is 14.1 Å². The van der Waals surface area contributed by atoms with Crippen LogP contribution in [0.5, 0.6) is 0 Å². The summed E-state index contributed by atoms with van der Waals surface area (Å²) in [5, 5.41) is 7.13. The van der Waals surface area contributed by atoms with E-state index in [1.807, 2.05) is 42.8 Å². The number of carbonyl (C=O) groups is 1. The molecule has 0 aliphatic rings. The fourth-order valence-corrected chi connectivity index (χ4v) is 4.63. The largest absolute Gasteiger partial charge is 0.350 e. The first-order valence-corrected chi connectivity index (χ1v) is 12.2. The molecule has 10 nitrogen and oxygen atoms in total. The second kappa shape index (κ2) is 9.35. The molecule has 0 unspecified atom stereocenters. The van der Waals surface area contributed by atoms with E-state index in [0.717, 1.165) is 22.6 Å². The number of nitrogens with zero attached hydrogens (tertiary/aromatic N) is 6. The minimum Gasteiger partial charge on any atom is -0.350 e. The molecule has 0 radical (unpaired) electrons. The number of fused-ring (bicyclic) bond motifs is 1. The maximum atomic E-state index is 12.6. The van der Waals surface area contributed by atoms with Crippen molar-refractivity contribution in [3.63, 3.8) is 0 Å². The summed E-state index contributed by atoms with van der Waals surface area (Å²) in [6.07, 6.45) is 3.81. The number of aryl methyl sites for hydroxylation is 2. The van der Waals surface area contributed by atoms with Crippen molar-refractivity contribution in [3.05, 3.63) is 66.5 Å². The first kappa shape index (κ1) is 23.6. The van der Waals surface area contributed by atoms with E-state index in [9.17, 15) is 13.2 Å². The Labute approximate surface area is 198 Å². The van der Waals surface area contributed by atoms with E-state index in [1.165, 1.54) is 24.7 Å². The van der Waals surface area contributed by atoms with Crippen molar-refractivity contribution in [2.24, 2.45) is 7.05 Å². The van der Waals surface area contributed by atoms with Crippen LogP contribution in [-0.4, -0.2) is 57.0 Å². The molecule has 1 amide bonds. The molecular formula is C23H27N7O3S. The lowest BCUT2D eigenvalue weighted by molar-refractivity contribution is -0.121. The number of amides is 1. The van der Waals surface area contributed by atoms with E-state index in [1.54, 1.807) is 29.2 Å². The number of nitrogens with one attached hydrogen (secondary N) is 1. The molecule has 34 heavy (non-hydrogen) atoms. The molecule has 2 heterocycles. The SMILES string of the molecule is C[C@H](NC(=O)CCc1nc2cc(S(=O)(=O)N(C)C)ccc2n1C)c1ccc(-n2cncn2)cc1. The van der Waals surface area contributed by atoms with Gasteiger partial charge in [0.1, 0.15) is 18.5 Å². The first-order valence-electron chi connectivity index (χ1n) is 10.8. The highest BCUT2D eigenvalue weighted by molar-refractivity contribution is 7.89. The van der Waals surface area contributed by atoms with Gasteiger partial charge < -0.3 is 9.88 Å². The molecule has 0 bridgehead atoms. The molecule has 1 N–H and O–H groups in total. The molecule has 2 aromatic carbocycles. The molecule has 4 rings (SSSR count). The van der Waals surface area contributed by atoms with Gasteiger partial charge in [0.2, 0.25) is 15.9 Å². The van der Waals surface area contributed by atoms with Gasteiger partial charge in [0.25, 0.3) is 0 Å². The first-order chi connectivity index (χ1) is 16.2. The van der Waals surface area contributed by atoms with Crippen LogP contribution in [0, 0.1) is 0 Å². The smallest absolute Gasteiger partial charge is 0.242 e. The number of imidazole rings is 1. The zero-order valence-electron chi connectivity index (χ0n) is 19.5. The zero-order valence-corrected chi connectivity index (χ0v) is 20.3. The Balaban J connectivity index is 1.40. The van der Waals surface area contributed by atoms with E-state index in [2.05, 4.69) is 20.4 Å². The highest BCUT2D eigenvalue weighted by atomic mass is 32.2. The summed E-state index contributed by atoms with van der Waals surface area (Å²) < 4.78 is 29.6. The summed E-state index contributed by atoms with van der Waals surface area (Å²) in [4.78, 5) is 21.3. The van der Waals surface area contributed by atoms with E-state index in [-0.39, 0.29) is 23.3 Å². The van der Waals surface area contributed by atoms with Crippen molar-refractivity contribution in [1.82, 2.24) is 33.9 Å². The van der Waals surface area contributed by atoms with Gasteiger partial charge in [-0.2, -0.15) is 5.10 Å². The Kier molecular flexibility index (Phi) is 6.49. The van der Waals surface area contributed by atoms with Crippen LogP contribution in [0.25, 0.3) is 16.7 Å². The molecule has 178 valence electrons. The van der Waals surface area contributed by atoms with Gasteiger partial charge in [-0.15, -0.1) is 0 Å². The van der Waals surface area contributed by atoms with Gasteiger partial charge >= 0.3 is 0 Å². The number of sulfonamides is 1. The lowest BCUT2D eigenvalue weighted by atomic mass is 10.1. The zero-order chi connectivity index (χ0) is 24.5. The fraction of sp³-hybridized carbons (Fsp3) is 0.304. The van der Waals surface area contributed by atoms with Crippen LogP contribution >= 0.6 is 0 Å². The molecule has 0 saturated heterocycles. The maximum absolute atomic E-state index is 12.6. The van der Waals surface area contributed by atoms with E-state index < -0.39 is 10.0 Å². The summed E-state index contributed by atoms with van der Waals surface area (Å²) in [6.45, 7) is 1.93. The molecule has 0 aliphatic heterocycles. The van der Waals surface area contributed by atoms with Gasteiger partial charge in [-0.1, -0.05) is 12.1 Å².